The van der Waals surface area contributed by atoms with E-state index >= 15 is 0 Å². The average Bonchev–Trinajstić information content (AvgIpc) is 3.18. The number of halogens is 1. The molecule has 0 radical (unpaired) electrons. The molecule has 3 aromatic rings. The highest BCUT2D eigenvalue weighted by Crippen LogP contribution is 2.30. The number of aromatic nitrogens is 1. The maximum absolute atomic E-state index is 13.1. The molecule has 1 fully saturated rings. The first-order chi connectivity index (χ1) is 13.9. The molecule has 2 N–H and O–H groups in total. The van der Waals surface area contributed by atoms with Gasteiger partial charge in [0, 0.05) is 35.8 Å². The first-order valence-electron chi connectivity index (χ1n) is 9.53. The Morgan fingerprint density at radius 2 is 2.07 bits per heavy atom. The van der Waals surface area contributed by atoms with Crippen molar-refractivity contribution in [2.45, 2.75) is 24.7 Å². The van der Waals surface area contributed by atoms with Crippen LogP contribution >= 0.6 is 11.6 Å². The van der Waals surface area contributed by atoms with E-state index in [1.165, 1.54) is 22.5 Å². The molecule has 2 aromatic carbocycles. The Hall–Kier alpha value is -2.35. The van der Waals surface area contributed by atoms with E-state index < -0.39 is 10.0 Å². The van der Waals surface area contributed by atoms with Gasteiger partial charge in [0.05, 0.1) is 10.7 Å². The molecule has 29 heavy (non-hydrogen) atoms. The minimum Gasteiger partial charge on any atom is -0.361 e. The number of hydrogen-bond donors (Lipinski definition) is 2. The SMILES string of the molecule is CC1CCCN(S(=O)(=O)c2cc(C(=O)Nc3cccc4[nH]ccc34)ccc2Cl)C1. The summed E-state index contributed by atoms with van der Waals surface area (Å²) in [6.45, 7) is 2.97. The number of H-pyrrole nitrogens is 1. The molecule has 1 amide bonds. The van der Waals surface area contributed by atoms with Crippen LogP contribution in [0.4, 0.5) is 5.69 Å². The molecular formula is C21H22ClN3O3S. The number of fused-ring (bicyclic) bond motifs is 1. The third kappa shape index (κ3) is 3.90. The van der Waals surface area contributed by atoms with Crippen molar-refractivity contribution in [3.63, 3.8) is 0 Å². The van der Waals surface area contributed by atoms with E-state index in [-0.39, 0.29) is 21.4 Å². The van der Waals surface area contributed by atoms with Crippen molar-refractivity contribution in [2.75, 3.05) is 18.4 Å². The number of anilines is 1. The average molecular weight is 432 g/mol. The zero-order valence-electron chi connectivity index (χ0n) is 16.0. The minimum absolute atomic E-state index is 0.0271. The molecule has 0 saturated carbocycles. The summed E-state index contributed by atoms with van der Waals surface area (Å²) in [5, 5.41) is 3.86. The third-order valence-electron chi connectivity index (χ3n) is 5.27. The Bertz CT molecular complexity index is 1170. The first kappa shape index (κ1) is 19.9. The fraction of sp³-hybridized carbons (Fsp3) is 0.286. The number of piperidine rings is 1. The second-order valence-electron chi connectivity index (χ2n) is 7.45. The molecule has 1 aliphatic heterocycles. The van der Waals surface area contributed by atoms with Crippen molar-refractivity contribution in [1.82, 2.24) is 9.29 Å². The molecule has 6 nitrogen and oxygen atoms in total. The predicted octanol–water partition coefficient (Wildman–Crippen LogP) is 4.49. The van der Waals surface area contributed by atoms with Crippen molar-refractivity contribution >= 4 is 44.1 Å². The Morgan fingerprint density at radius 3 is 2.86 bits per heavy atom. The molecule has 1 atom stereocenters. The number of benzene rings is 2. The van der Waals surface area contributed by atoms with Crippen LogP contribution in [0, 0.1) is 5.92 Å². The molecule has 1 aromatic heterocycles. The third-order valence-corrected chi connectivity index (χ3v) is 7.62. The van der Waals surface area contributed by atoms with Crippen LogP contribution in [-0.2, 0) is 10.0 Å². The Labute approximate surface area is 174 Å². The monoisotopic (exact) mass is 431 g/mol. The van der Waals surface area contributed by atoms with E-state index in [4.69, 9.17) is 11.6 Å². The second-order valence-corrected chi connectivity index (χ2v) is 9.77. The highest BCUT2D eigenvalue weighted by atomic mass is 35.5. The van der Waals surface area contributed by atoms with Crippen LogP contribution < -0.4 is 5.32 Å². The lowest BCUT2D eigenvalue weighted by molar-refractivity contribution is 0.102. The topological polar surface area (TPSA) is 82.3 Å². The quantitative estimate of drug-likeness (QED) is 0.638. The maximum Gasteiger partial charge on any atom is 0.255 e. The number of hydrogen-bond acceptors (Lipinski definition) is 3. The second kappa shape index (κ2) is 7.82. The summed E-state index contributed by atoms with van der Waals surface area (Å²) in [6, 6.07) is 11.8. The van der Waals surface area contributed by atoms with Gasteiger partial charge >= 0.3 is 0 Å². The van der Waals surface area contributed by atoms with Gasteiger partial charge < -0.3 is 10.3 Å². The van der Waals surface area contributed by atoms with Gasteiger partial charge in [-0.25, -0.2) is 8.42 Å². The van der Waals surface area contributed by atoms with E-state index in [0.717, 1.165) is 23.7 Å². The highest BCUT2D eigenvalue weighted by molar-refractivity contribution is 7.89. The molecule has 1 unspecified atom stereocenters. The van der Waals surface area contributed by atoms with Crippen molar-refractivity contribution in [3.05, 3.63) is 59.2 Å². The number of nitrogens with zero attached hydrogens (tertiary/aromatic N) is 1. The molecule has 2 heterocycles. The van der Waals surface area contributed by atoms with E-state index in [1.807, 2.05) is 25.1 Å². The Kier molecular flexibility index (Phi) is 5.38. The Balaban J connectivity index is 1.64. The van der Waals surface area contributed by atoms with Crippen LogP contribution in [0.15, 0.2) is 53.6 Å². The van der Waals surface area contributed by atoms with Crippen molar-refractivity contribution in [1.29, 1.82) is 0 Å². The van der Waals surface area contributed by atoms with E-state index in [2.05, 4.69) is 10.3 Å². The van der Waals surface area contributed by atoms with Gasteiger partial charge in [-0.05, 0) is 55.2 Å². The molecular weight excluding hydrogens is 410 g/mol. The number of carbonyl (C=O) groups is 1. The van der Waals surface area contributed by atoms with Gasteiger partial charge in [-0.3, -0.25) is 4.79 Å². The van der Waals surface area contributed by atoms with Crippen LogP contribution in [0.5, 0.6) is 0 Å². The van der Waals surface area contributed by atoms with Gasteiger partial charge in [0.2, 0.25) is 10.0 Å². The molecule has 152 valence electrons. The Morgan fingerprint density at radius 1 is 1.24 bits per heavy atom. The van der Waals surface area contributed by atoms with Crippen LogP contribution in [0.1, 0.15) is 30.1 Å². The van der Waals surface area contributed by atoms with Crippen molar-refractivity contribution < 1.29 is 13.2 Å². The largest absolute Gasteiger partial charge is 0.361 e. The number of carbonyl (C=O) groups excluding carboxylic acids is 1. The minimum atomic E-state index is -3.76. The number of rotatable bonds is 4. The van der Waals surface area contributed by atoms with E-state index in [0.29, 0.717) is 24.7 Å². The van der Waals surface area contributed by atoms with Gasteiger partial charge in [-0.15, -0.1) is 0 Å². The summed E-state index contributed by atoms with van der Waals surface area (Å²) in [6.07, 6.45) is 3.62. The predicted molar refractivity (Wildman–Crippen MR) is 115 cm³/mol. The van der Waals surface area contributed by atoms with Gasteiger partial charge in [-0.2, -0.15) is 4.31 Å². The van der Waals surface area contributed by atoms with E-state index in [1.54, 1.807) is 12.3 Å². The van der Waals surface area contributed by atoms with Gasteiger partial charge in [0.25, 0.3) is 5.91 Å². The summed E-state index contributed by atoms with van der Waals surface area (Å²) in [4.78, 5) is 15.9. The summed E-state index contributed by atoms with van der Waals surface area (Å²) in [5.74, 6) is -0.0931. The molecule has 1 aliphatic rings. The zero-order valence-corrected chi connectivity index (χ0v) is 17.6. The molecule has 8 heteroatoms. The highest BCUT2D eigenvalue weighted by Gasteiger charge is 2.31. The van der Waals surface area contributed by atoms with Crippen molar-refractivity contribution in [3.8, 4) is 0 Å². The van der Waals surface area contributed by atoms with E-state index in [9.17, 15) is 13.2 Å². The lowest BCUT2D eigenvalue weighted by Crippen LogP contribution is -2.39. The number of amides is 1. The van der Waals surface area contributed by atoms with Crippen LogP contribution in [-0.4, -0.2) is 36.7 Å². The zero-order chi connectivity index (χ0) is 20.6. The van der Waals surface area contributed by atoms with Crippen molar-refractivity contribution in [2.24, 2.45) is 5.92 Å². The molecule has 4 rings (SSSR count). The number of sulfonamides is 1. The van der Waals surface area contributed by atoms with Crippen LogP contribution in [0.25, 0.3) is 10.9 Å². The van der Waals surface area contributed by atoms with Gasteiger partial charge in [0.15, 0.2) is 0 Å². The molecule has 0 spiro atoms. The summed E-state index contributed by atoms with van der Waals surface area (Å²) < 4.78 is 27.7. The lowest BCUT2D eigenvalue weighted by atomic mass is 10.0. The fourth-order valence-corrected chi connectivity index (χ4v) is 5.83. The lowest BCUT2D eigenvalue weighted by Gasteiger charge is -2.30. The molecule has 0 bridgehead atoms. The summed E-state index contributed by atoms with van der Waals surface area (Å²) >= 11 is 6.22. The molecule has 1 saturated heterocycles. The smallest absolute Gasteiger partial charge is 0.255 e. The summed E-state index contributed by atoms with van der Waals surface area (Å²) in [5.41, 5.74) is 1.80. The van der Waals surface area contributed by atoms with Crippen LogP contribution in [0.3, 0.4) is 0 Å². The number of nitrogens with one attached hydrogen (secondary N) is 2. The number of aromatic amines is 1. The normalized spacial score (nSPS) is 18.1. The maximum atomic E-state index is 13.1. The summed E-state index contributed by atoms with van der Waals surface area (Å²) in [7, 11) is -3.76. The molecule has 0 aliphatic carbocycles. The van der Waals surface area contributed by atoms with Gasteiger partial charge in [0.1, 0.15) is 4.90 Å². The standard InChI is InChI=1S/C21H22ClN3O3S/c1-14-4-3-11-25(13-14)29(27,28)20-12-15(7-8-17(20)22)21(26)24-19-6-2-5-18-16(19)9-10-23-18/h2,5-10,12,14,23H,3-4,11,13H2,1H3,(H,24,26). The first-order valence-corrected chi connectivity index (χ1v) is 11.4. The van der Waals surface area contributed by atoms with Crippen LogP contribution in [0.2, 0.25) is 5.02 Å². The fourth-order valence-electron chi connectivity index (χ4n) is 3.73. The van der Waals surface area contributed by atoms with Gasteiger partial charge in [-0.1, -0.05) is 24.6 Å².